The van der Waals surface area contributed by atoms with Gasteiger partial charge in [0.2, 0.25) is 0 Å². The molecule has 0 aliphatic carbocycles. The molecule has 16 heavy (non-hydrogen) atoms. The number of rotatable bonds is 4. The first-order valence-electron chi connectivity index (χ1n) is 4.80. The Morgan fingerprint density at radius 3 is 2.19 bits per heavy atom. The molecule has 0 amide bonds. The van der Waals surface area contributed by atoms with E-state index in [0.29, 0.717) is 18.8 Å². The van der Waals surface area contributed by atoms with E-state index in [1.807, 2.05) is 0 Å². The molecule has 0 bridgehead atoms. The van der Waals surface area contributed by atoms with Gasteiger partial charge in [0.1, 0.15) is 0 Å². The maximum Gasteiger partial charge on any atom is 0.416 e. The summed E-state index contributed by atoms with van der Waals surface area (Å²) in [5, 5.41) is 2.90. The molecule has 0 saturated heterocycles. The second-order valence-corrected chi connectivity index (χ2v) is 3.45. The monoisotopic (exact) mass is 233 g/mol. The van der Waals surface area contributed by atoms with Gasteiger partial charge in [0.05, 0.1) is 5.56 Å². The van der Waals surface area contributed by atoms with Crippen molar-refractivity contribution in [3.05, 3.63) is 29.8 Å². The first-order valence-corrected chi connectivity index (χ1v) is 4.80. The van der Waals surface area contributed by atoms with Gasteiger partial charge in [-0.05, 0) is 24.3 Å². The fourth-order valence-corrected chi connectivity index (χ4v) is 1.11. The summed E-state index contributed by atoms with van der Waals surface area (Å²) in [6.07, 6.45) is -4.30. The Hall–Kier alpha value is -1.27. The summed E-state index contributed by atoms with van der Waals surface area (Å²) in [7, 11) is 0. The van der Waals surface area contributed by atoms with E-state index in [1.165, 1.54) is 12.1 Å². The van der Waals surface area contributed by atoms with Crippen LogP contribution in [0.2, 0.25) is 0 Å². The van der Waals surface area contributed by atoms with Gasteiger partial charge in [-0.15, -0.1) is 0 Å². The first-order chi connectivity index (χ1) is 7.43. The van der Waals surface area contributed by atoms with Gasteiger partial charge in [0.25, 0.3) is 0 Å². The van der Waals surface area contributed by atoms with E-state index in [9.17, 15) is 13.2 Å². The Labute approximate surface area is 91.6 Å². The van der Waals surface area contributed by atoms with Crippen molar-refractivity contribution < 1.29 is 13.2 Å². The van der Waals surface area contributed by atoms with Gasteiger partial charge in [0.15, 0.2) is 0 Å². The van der Waals surface area contributed by atoms with Crippen molar-refractivity contribution in [3.63, 3.8) is 0 Å². The summed E-state index contributed by atoms with van der Waals surface area (Å²) in [6.45, 7) is 0.759. The Morgan fingerprint density at radius 2 is 1.75 bits per heavy atom. The van der Waals surface area contributed by atoms with Crippen molar-refractivity contribution in [3.8, 4) is 0 Å². The number of nitrogens with one attached hydrogen (secondary N) is 1. The highest BCUT2D eigenvalue weighted by Crippen LogP contribution is 2.29. The zero-order valence-corrected chi connectivity index (χ0v) is 8.59. The van der Waals surface area contributed by atoms with Gasteiger partial charge in [-0.3, -0.25) is 0 Å². The molecule has 0 fully saturated rings. The molecule has 1 atom stereocenters. The molecule has 90 valence electrons. The number of anilines is 1. The number of hydrogen-bond donors (Lipinski definition) is 3. The van der Waals surface area contributed by atoms with Crippen LogP contribution in [0.1, 0.15) is 5.56 Å². The number of nitrogens with two attached hydrogens (primary N) is 2. The van der Waals surface area contributed by atoms with Crippen LogP contribution < -0.4 is 16.8 Å². The minimum absolute atomic E-state index is 0.206. The smallest absolute Gasteiger partial charge is 0.383 e. The van der Waals surface area contributed by atoms with Crippen LogP contribution >= 0.6 is 0 Å². The highest BCUT2D eigenvalue weighted by molar-refractivity contribution is 5.45. The number of alkyl halides is 3. The molecular formula is C10H14F3N3. The summed E-state index contributed by atoms with van der Waals surface area (Å²) >= 11 is 0. The van der Waals surface area contributed by atoms with Gasteiger partial charge in [-0.1, -0.05) is 0 Å². The lowest BCUT2D eigenvalue weighted by Gasteiger charge is -2.12. The average molecular weight is 233 g/mol. The van der Waals surface area contributed by atoms with Crippen LogP contribution in [-0.2, 0) is 6.18 Å². The summed E-state index contributed by atoms with van der Waals surface area (Å²) in [6, 6.07) is 4.58. The normalized spacial score (nSPS) is 13.6. The molecule has 0 aromatic heterocycles. The molecule has 1 unspecified atom stereocenters. The lowest BCUT2D eigenvalue weighted by Crippen LogP contribution is -2.36. The molecule has 3 nitrogen and oxygen atoms in total. The molecule has 1 aromatic rings. The Morgan fingerprint density at radius 1 is 1.19 bits per heavy atom. The van der Waals surface area contributed by atoms with Crippen LogP contribution in [0.15, 0.2) is 24.3 Å². The van der Waals surface area contributed by atoms with Crippen LogP contribution in [0.4, 0.5) is 18.9 Å². The Bertz CT molecular complexity index is 321. The van der Waals surface area contributed by atoms with E-state index in [1.54, 1.807) is 0 Å². The van der Waals surface area contributed by atoms with Crippen molar-refractivity contribution >= 4 is 5.69 Å². The third kappa shape index (κ3) is 3.71. The maximum atomic E-state index is 12.2. The van der Waals surface area contributed by atoms with Crippen molar-refractivity contribution in [1.82, 2.24) is 0 Å². The molecule has 5 N–H and O–H groups in total. The fourth-order valence-electron chi connectivity index (χ4n) is 1.11. The third-order valence-corrected chi connectivity index (χ3v) is 2.08. The molecule has 6 heteroatoms. The molecule has 1 aromatic carbocycles. The number of benzene rings is 1. The van der Waals surface area contributed by atoms with E-state index in [2.05, 4.69) is 5.32 Å². The number of hydrogen-bond acceptors (Lipinski definition) is 3. The highest BCUT2D eigenvalue weighted by atomic mass is 19.4. The van der Waals surface area contributed by atoms with Crippen molar-refractivity contribution in [1.29, 1.82) is 0 Å². The van der Waals surface area contributed by atoms with E-state index >= 15 is 0 Å². The van der Waals surface area contributed by atoms with E-state index < -0.39 is 11.7 Å². The summed E-state index contributed by atoms with van der Waals surface area (Å²) in [4.78, 5) is 0. The zero-order valence-electron chi connectivity index (χ0n) is 8.59. The molecule has 0 aliphatic heterocycles. The molecular weight excluding hydrogens is 219 g/mol. The molecule has 0 spiro atoms. The quantitative estimate of drug-likeness (QED) is 0.736. The first kappa shape index (κ1) is 12.8. The summed E-state index contributed by atoms with van der Waals surface area (Å²) in [5.41, 5.74) is 10.8. The predicted molar refractivity (Wildman–Crippen MR) is 57.0 cm³/mol. The van der Waals surface area contributed by atoms with E-state index in [-0.39, 0.29) is 6.04 Å². The topological polar surface area (TPSA) is 64.1 Å². The van der Waals surface area contributed by atoms with Crippen LogP contribution in [-0.4, -0.2) is 19.1 Å². The SMILES string of the molecule is NCC(N)CNc1ccc(C(F)(F)F)cc1. The van der Waals surface area contributed by atoms with E-state index in [4.69, 9.17) is 11.5 Å². The van der Waals surface area contributed by atoms with Gasteiger partial charge < -0.3 is 16.8 Å². The van der Waals surface area contributed by atoms with Crippen LogP contribution in [0, 0.1) is 0 Å². The Balaban J connectivity index is 2.58. The lowest BCUT2D eigenvalue weighted by molar-refractivity contribution is -0.137. The maximum absolute atomic E-state index is 12.2. The Kier molecular flexibility index (Phi) is 4.14. The van der Waals surface area contributed by atoms with Gasteiger partial charge in [-0.25, -0.2) is 0 Å². The van der Waals surface area contributed by atoms with Gasteiger partial charge >= 0.3 is 6.18 Å². The van der Waals surface area contributed by atoms with Crippen LogP contribution in [0.3, 0.4) is 0 Å². The molecule has 1 rings (SSSR count). The summed E-state index contributed by atoms with van der Waals surface area (Å²) < 4.78 is 36.7. The second-order valence-electron chi connectivity index (χ2n) is 3.45. The largest absolute Gasteiger partial charge is 0.416 e. The zero-order chi connectivity index (χ0) is 12.2. The van der Waals surface area contributed by atoms with E-state index in [0.717, 1.165) is 12.1 Å². The highest BCUT2D eigenvalue weighted by Gasteiger charge is 2.29. The number of halogens is 3. The van der Waals surface area contributed by atoms with Crippen molar-refractivity contribution in [2.75, 3.05) is 18.4 Å². The average Bonchev–Trinajstić information content (AvgIpc) is 2.25. The van der Waals surface area contributed by atoms with Crippen LogP contribution in [0.25, 0.3) is 0 Å². The summed E-state index contributed by atoms with van der Waals surface area (Å²) in [5.74, 6) is 0. The predicted octanol–water partition coefficient (Wildman–Crippen LogP) is 1.40. The van der Waals surface area contributed by atoms with Crippen LogP contribution in [0.5, 0.6) is 0 Å². The lowest BCUT2D eigenvalue weighted by atomic mass is 10.2. The third-order valence-electron chi connectivity index (χ3n) is 2.08. The van der Waals surface area contributed by atoms with Crippen molar-refractivity contribution in [2.45, 2.75) is 12.2 Å². The van der Waals surface area contributed by atoms with Gasteiger partial charge in [-0.2, -0.15) is 13.2 Å². The second kappa shape index (κ2) is 5.18. The van der Waals surface area contributed by atoms with Crippen molar-refractivity contribution in [2.24, 2.45) is 11.5 Å². The molecule has 0 radical (unpaired) electrons. The minimum Gasteiger partial charge on any atom is -0.383 e. The minimum atomic E-state index is -4.30. The molecule has 0 aliphatic rings. The fraction of sp³-hybridized carbons (Fsp3) is 0.400. The molecule has 0 saturated carbocycles. The van der Waals surface area contributed by atoms with Gasteiger partial charge in [0, 0.05) is 24.8 Å². The molecule has 0 heterocycles. The standard InChI is InChI=1S/C10H14F3N3/c11-10(12,13)7-1-3-9(4-2-7)16-6-8(15)5-14/h1-4,8,16H,5-6,14-15H2.